The van der Waals surface area contributed by atoms with Crippen molar-refractivity contribution in [1.82, 2.24) is 0 Å². The minimum atomic E-state index is -3.74. The molecule has 0 bridgehead atoms. The van der Waals surface area contributed by atoms with Crippen molar-refractivity contribution in [3.8, 4) is 0 Å². The molecule has 0 heterocycles. The largest absolute Gasteiger partial charge is 0.398 e. The quantitative estimate of drug-likeness (QED) is 0.854. The molecule has 0 fully saturated rings. The molecule has 2 rings (SSSR count). The van der Waals surface area contributed by atoms with Gasteiger partial charge >= 0.3 is 0 Å². The van der Waals surface area contributed by atoms with E-state index in [4.69, 9.17) is 17.3 Å². The van der Waals surface area contributed by atoms with Gasteiger partial charge in [0, 0.05) is 5.02 Å². The van der Waals surface area contributed by atoms with Gasteiger partial charge in [-0.15, -0.1) is 0 Å². The number of nitrogens with one attached hydrogen (secondary N) is 1. The Hall–Kier alpha value is -1.72. The minimum Gasteiger partial charge on any atom is -0.398 e. The second kappa shape index (κ2) is 5.34. The molecule has 106 valence electrons. The number of hydrogen-bond acceptors (Lipinski definition) is 3. The second-order valence-corrected chi connectivity index (χ2v) is 6.59. The maximum absolute atomic E-state index is 12.4. The molecule has 0 amide bonds. The van der Waals surface area contributed by atoms with E-state index in [-0.39, 0.29) is 10.6 Å². The third-order valence-corrected chi connectivity index (χ3v) is 4.94. The van der Waals surface area contributed by atoms with E-state index >= 15 is 0 Å². The van der Waals surface area contributed by atoms with Crippen LogP contribution in [0.4, 0.5) is 11.4 Å². The summed E-state index contributed by atoms with van der Waals surface area (Å²) in [6.07, 6.45) is 0. The van der Waals surface area contributed by atoms with Crippen molar-refractivity contribution in [3.63, 3.8) is 0 Å². The third kappa shape index (κ3) is 2.89. The number of rotatable bonds is 3. The molecule has 0 radical (unpaired) electrons. The summed E-state index contributed by atoms with van der Waals surface area (Å²) in [7, 11) is -3.74. The van der Waals surface area contributed by atoms with Crippen LogP contribution in [0, 0.1) is 13.8 Å². The van der Waals surface area contributed by atoms with Crippen LogP contribution >= 0.6 is 11.6 Å². The zero-order valence-electron chi connectivity index (χ0n) is 11.1. The third-order valence-electron chi connectivity index (χ3n) is 2.94. The Morgan fingerprint density at radius 3 is 2.40 bits per heavy atom. The van der Waals surface area contributed by atoms with Crippen molar-refractivity contribution in [2.24, 2.45) is 0 Å². The monoisotopic (exact) mass is 310 g/mol. The molecule has 2 aromatic carbocycles. The van der Waals surface area contributed by atoms with Crippen molar-refractivity contribution in [2.45, 2.75) is 18.7 Å². The first-order chi connectivity index (χ1) is 9.31. The van der Waals surface area contributed by atoms with Crippen LogP contribution in [-0.4, -0.2) is 8.42 Å². The van der Waals surface area contributed by atoms with E-state index in [1.807, 2.05) is 6.92 Å². The van der Waals surface area contributed by atoms with Crippen molar-refractivity contribution < 1.29 is 8.42 Å². The van der Waals surface area contributed by atoms with Crippen LogP contribution < -0.4 is 10.5 Å². The molecule has 0 aliphatic rings. The topological polar surface area (TPSA) is 72.2 Å². The highest BCUT2D eigenvalue weighted by Gasteiger charge is 2.20. The number of hydrogen-bond donors (Lipinski definition) is 2. The lowest BCUT2D eigenvalue weighted by Gasteiger charge is -2.13. The lowest BCUT2D eigenvalue weighted by molar-refractivity contribution is 0.601. The number of nitrogens with two attached hydrogens (primary N) is 1. The van der Waals surface area contributed by atoms with Gasteiger partial charge in [0.1, 0.15) is 4.90 Å². The van der Waals surface area contributed by atoms with Crippen LogP contribution in [0.3, 0.4) is 0 Å². The van der Waals surface area contributed by atoms with Gasteiger partial charge in [-0.1, -0.05) is 29.8 Å². The van der Waals surface area contributed by atoms with E-state index in [0.29, 0.717) is 16.3 Å². The standard InChI is InChI=1S/C14H15ClN2O2S/c1-9-6-7-11(8-12(9)15)17-20(18,19)14-10(2)4-3-5-13(14)16/h3-8,17H,16H2,1-2H3. The summed E-state index contributed by atoms with van der Waals surface area (Å²) in [5.74, 6) is 0. The summed E-state index contributed by atoms with van der Waals surface area (Å²) in [4.78, 5) is 0.0942. The van der Waals surface area contributed by atoms with Crippen LogP contribution in [0.1, 0.15) is 11.1 Å². The fourth-order valence-corrected chi connectivity index (χ4v) is 3.49. The Kier molecular flexibility index (Phi) is 3.92. The van der Waals surface area contributed by atoms with Crippen LogP contribution in [0.2, 0.25) is 5.02 Å². The highest BCUT2D eigenvalue weighted by atomic mass is 35.5. The molecule has 4 nitrogen and oxygen atoms in total. The minimum absolute atomic E-state index is 0.0942. The Balaban J connectivity index is 2.43. The zero-order chi connectivity index (χ0) is 14.9. The first kappa shape index (κ1) is 14.7. The van der Waals surface area contributed by atoms with Gasteiger partial charge in [0.05, 0.1) is 11.4 Å². The molecule has 0 aliphatic carbocycles. The van der Waals surface area contributed by atoms with Crippen LogP contribution in [0.5, 0.6) is 0 Å². The molecule has 0 saturated heterocycles. The maximum Gasteiger partial charge on any atom is 0.264 e. The average Bonchev–Trinajstić information content (AvgIpc) is 2.33. The highest BCUT2D eigenvalue weighted by molar-refractivity contribution is 7.93. The molecular weight excluding hydrogens is 296 g/mol. The highest BCUT2D eigenvalue weighted by Crippen LogP contribution is 2.26. The molecular formula is C14H15ClN2O2S. The maximum atomic E-state index is 12.4. The van der Waals surface area contributed by atoms with Crippen molar-refractivity contribution in [1.29, 1.82) is 0 Å². The SMILES string of the molecule is Cc1ccc(NS(=O)(=O)c2c(C)cccc2N)cc1Cl. The molecule has 0 spiro atoms. The smallest absolute Gasteiger partial charge is 0.264 e. The van der Waals surface area contributed by atoms with Gasteiger partial charge in [-0.05, 0) is 43.2 Å². The summed E-state index contributed by atoms with van der Waals surface area (Å²) in [5.41, 5.74) is 7.87. The zero-order valence-corrected chi connectivity index (χ0v) is 12.7. The van der Waals surface area contributed by atoms with Gasteiger partial charge in [0.2, 0.25) is 0 Å². The van der Waals surface area contributed by atoms with E-state index in [1.165, 1.54) is 0 Å². The molecule has 2 aromatic rings. The van der Waals surface area contributed by atoms with E-state index < -0.39 is 10.0 Å². The molecule has 0 aliphatic heterocycles. The van der Waals surface area contributed by atoms with Gasteiger partial charge in [0.15, 0.2) is 0 Å². The van der Waals surface area contributed by atoms with Crippen LogP contribution in [-0.2, 0) is 10.0 Å². The van der Waals surface area contributed by atoms with Gasteiger partial charge in [-0.2, -0.15) is 0 Å². The summed E-state index contributed by atoms with van der Waals surface area (Å²) in [6, 6.07) is 9.96. The second-order valence-electron chi connectivity index (χ2n) is 4.56. The molecule has 0 saturated carbocycles. The van der Waals surface area contributed by atoms with Gasteiger partial charge < -0.3 is 5.73 Å². The van der Waals surface area contributed by atoms with Gasteiger partial charge in [-0.3, -0.25) is 4.72 Å². The number of benzene rings is 2. The predicted octanol–water partition coefficient (Wildman–Crippen LogP) is 3.34. The van der Waals surface area contributed by atoms with Crippen LogP contribution in [0.25, 0.3) is 0 Å². The Morgan fingerprint density at radius 2 is 1.80 bits per heavy atom. The molecule has 3 N–H and O–H groups in total. The first-order valence-corrected chi connectivity index (χ1v) is 7.81. The number of halogens is 1. The number of aryl methyl sites for hydroxylation is 2. The Labute approximate surface area is 123 Å². The van der Waals surface area contributed by atoms with Crippen molar-refractivity contribution in [3.05, 3.63) is 52.5 Å². The Bertz CT molecular complexity index is 738. The number of nitrogen functional groups attached to an aromatic ring is 1. The first-order valence-electron chi connectivity index (χ1n) is 5.95. The van der Waals surface area contributed by atoms with Crippen molar-refractivity contribution in [2.75, 3.05) is 10.5 Å². The molecule has 20 heavy (non-hydrogen) atoms. The van der Waals surface area contributed by atoms with E-state index in [1.54, 1.807) is 43.3 Å². The average molecular weight is 311 g/mol. The van der Waals surface area contributed by atoms with Crippen LogP contribution in [0.15, 0.2) is 41.3 Å². The lowest BCUT2D eigenvalue weighted by Crippen LogP contribution is -2.16. The van der Waals surface area contributed by atoms with E-state index in [2.05, 4.69) is 4.72 Å². The van der Waals surface area contributed by atoms with Crippen molar-refractivity contribution >= 4 is 33.0 Å². The fourth-order valence-electron chi connectivity index (χ4n) is 1.90. The fraction of sp³-hybridized carbons (Fsp3) is 0.143. The number of anilines is 2. The predicted molar refractivity (Wildman–Crippen MR) is 82.6 cm³/mol. The molecule has 6 heteroatoms. The molecule has 0 atom stereocenters. The normalized spacial score (nSPS) is 11.3. The number of sulfonamides is 1. The summed E-state index contributed by atoms with van der Waals surface area (Å²) >= 11 is 5.99. The van der Waals surface area contributed by atoms with Gasteiger partial charge in [-0.25, -0.2) is 8.42 Å². The summed E-state index contributed by atoms with van der Waals surface area (Å²) in [6.45, 7) is 3.55. The Morgan fingerprint density at radius 1 is 1.10 bits per heavy atom. The summed E-state index contributed by atoms with van der Waals surface area (Å²) in [5, 5.41) is 0.503. The van der Waals surface area contributed by atoms with E-state index in [9.17, 15) is 8.42 Å². The molecule has 0 aromatic heterocycles. The van der Waals surface area contributed by atoms with E-state index in [0.717, 1.165) is 5.56 Å². The summed E-state index contributed by atoms with van der Waals surface area (Å²) < 4.78 is 27.3. The van der Waals surface area contributed by atoms with Gasteiger partial charge in [0.25, 0.3) is 10.0 Å². The lowest BCUT2D eigenvalue weighted by atomic mass is 10.2. The molecule has 0 unspecified atom stereocenters.